The summed E-state index contributed by atoms with van der Waals surface area (Å²) in [4.78, 5) is 13.0. The lowest BCUT2D eigenvalue weighted by Gasteiger charge is -2.38. The van der Waals surface area contributed by atoms with Crippen LogP contribution in [0.2, 0.25) is 0 Å². The average molecular weight is 390 g/mol. The number of amides is 1. The van der Waals surface area contributed by atoms with Crippen molar-refractivity contribution in [1.29, 1.82) is 0 Å². The van der Waals surface area contributed by atoms with Gasteiger partial charge < -0.3 is 5.32 Å². The monoisotopic (exact) mass is 390 g/mol. The van der Waals surface area contributed by atoms with E-state index in [1.54, 1.807) is 49.4 Å². The number of hydrogen-bond acceptors (Lipinski definition) is 3. The van der Waals surface area contributed by atoms with Crippen LogP contribution in [0.3, 0.4) is 0 Å². The van der Waals surface area contributed by atoms with E-state index in [9.17, 15) is 17.6 Å². The van der Waals surface area contributed by atoms with Gasteiger partial charge in [0, 0.05) is 19.6 Å². The van der Waals surface area contributed by atoms with Crippen molar-refractivity contribution < 1.29 is 17.6 Å². The molecule has 1 aliphatic heterocycles. The SMILES string of the molecule is C[C@]1(C(=O)NCc2cccc(F)c2)CCCN(S(=O)(=O)c2ccccc2)C1. The molecular formula is C20H23FN2O3S. The highest BCUT2D eigenvalue weighted by molar-refractivity contribution is 7.89. The summed E-state index contributed by atoms with van der Waals surface area (Å²) in [5.74, 6) is -0.578. The van der Waals surface area contributed by atoms with Gasteiger partial charge in [-0.2, -0.15) is 4.31 Å². The van der Waals surface area contributed by atoms with E-state index < -0.39 is 15.4 Å². The van der Waals surface area contributed by atoms with E-state index in [-0.39, 0.29) is 29.7 Å². The van der Waals surface area contributed by atoms with E-state index in [0.717, 1.165) is 0 Å². The van der Waals surface area contributed by atoms with Gasteiger partial charge in [0.15, 0.2) is 0 Å². The fourth-order valence-electron chi connectivity index (χ4n) is 3.37. The van der Waals surface area contributed by atoms with E-state index in [4.69, 9.17) is 0 Å². The second kappa shape index (κ2) is 7.78. The van der Waals surface area contributed by atoms with Gasteiger partial charge in [-0.1, -0.05) is 30.3 Å². The highest BCUT2D eigenvalue weighted by Gasteiger charge is 2.41. The van der Waals surface area contributed by atoms with E-state index in [1.165, 1.54) is 16.4 Å². The number of rotatable bonds is 5. The van der Waals surface area contributed by atoms with Gasteiger partial charge in [-0.05, 0) is 49.6 Å². The van der Waals surface area contributed by atoms with Crippen LogP contribution in [0.15, 0.2) is 59.5 Å². The average Bonchev–Trinajstić information content (AvgIpc) is 2.67. The maximum atomic E-state index is 13.3. The minimum atomic E-state index is -3.64. The Bertz CT molecular complexity index is 918. The Morgan fingerprint density at radius 2 is 1.93 bits per heavy atom. The van der Waals surface area contributed by atoms with Gasteiger partial charge in [0.05, 0.1) is 10.3 Å². The molecule has 0 unspecified atom stereocenters. The Morgan fingerprint density at radius 3 is 2.63 bits per heavy atom. The van der Waals surface area contributed by atoms with Crippen molar-refractivity contribution in [1.82, 2.24) is 9.62 Å². The van der Waals surface area contributed by atoms with E-state index in [1.807, 2.05) is 0 Å². The van der Waals surface area contributed by atoms with Crippen molar-refractivity contribution >= 4 is 15.9 Å². The van der Waals surface area contributed by atoms with Crippen LogP contribution in [0.5, 0.6) is 0 Å². The summed E-state index contributed by atoms with van der Waals surface area (Å²) in [6.07, 6.45) is 1.21. The molecule has 1 atom stereocenters. The van der Waals surface area contributed by atoms with Gasteiger partial charge in [-0.15, -0.1) is 0 Å². The van der Waals surface area contributed by atoms with Crippen LogP contribution in [0.1, 0.15) is 25.3 Å². The van der Waals surface area contributed by atoms with Crippen LogP contribution in [0.25, 0.3) is 0 Å². The predicted molar refractivity (Wildman–Crippen MR) is 101 cm³/mol. The molecule has 1 fully saturated rings. The van der Waals surface area contributed by atoms with Gasteiger partial charge in [-0.3, -0.25) is 4.79 Å². The Hall–Kier alpha value is -2.25. The molecule has 1 aliphatic rings. The van der Waals surface area contributed by atoms with Gasteiger partial charge >= 0.3 is 0 Å². The second-order valence-electron chi connectivity index (χ2n) is 7.13. The van der Waals surface area contributed by atoms with Gasteiger partial charge in [0.2, 0.25) is 15.9 Å². The Balaban J connectivity index is 1.71. The third kappa shape index (κ3) is 4.36. The van der Waals surface area contributed by atoms with Crippen LogP contribution >= 0.6 is 0 Å². The smallest absolute Gasteiger partial charge is 0.243 e. The molecule has 0 spiro atoms. The van der Waals surface area contributed by atoms with E-state index in [0.29, 0.717) is 24.9 Å². The molecule has 0 radical (unpaired) electrons. The number of carbonyl (C=O) groups excluding carboxylic acids is 1. The molecule has 7 heteroatoms. The lowest BCUT2D eigenvalue weighted by Crippen LogP contribution is -2.51. The first-order chi connectivity index (χ1) is 12.8. The number of nitrogens with one attached hydrogen (secondary N) is 1. The largest absolute Gasteiger partial charge is 0.352 e. The van der Waals surface area contributed by atoms with Crippen molar-refractivity contribution in [3.05, 3.63) is 66.0 Å². The molecule has 0 saturated carbocycles. The van der Waals surface area contributed by atoms with E-state index in [2.05, 4.69) is 5.32 Å². The first-order valence-electron chi connectivity index (χ1n) is 8.89. The fourth-order valence-corrected chi connectivity index (χ4v) is 4.99. The minimum absolute atomic E-state index is 0.124. The highest BCUT2D eigenvalue weighted by Crippen LogP contribution is 2.33. The first-order valence-corrected chi connectivity index (χ1v) is 10.3. The summed E-state index contributed by atoms with van der Waals surface area (Å²) >= 11 is 0. The molecule has 5 nitrogen and oxygen atoms in total. The van der Waals surface area contributed by atoms with Crippen molar-refractivity contribution in [3.8, 4) is 0 Å². The van der Waals surface area contributed by atoms with Crippen LogP contribution in [0, 0.1) is 11.2 Å². The summed E-state index contributed by atoms with van der Waals surface area (Å²) in [6.45, 7) is 2.50. The molecule has 0 bridgehead atoms. The molecule has 2 aromatic rings. The van der Waals surface area contributed by atoms with Crippen LogP contribution in [0.4, 0.5) is 4.39 Å². The van der Waals surface area contributed by atoms with Crippen molar-refractivity contribution in [3.63, 3.8) is 0 Å². The maximum Gasteiger partial charge on any atom is 0.243 e. The number of sulfonamides is 1. The molecule has 144 valence electrons. The summed E-state index contributed by atoms with van der Waals surface area (Å²) in [5.41, 5.74) is -0.163. The standard InChI is InChI=1S/C20H23FN2O3S/c1-20(19(24)22-14-16-7-5-8-17(21)13-16)11-6-12-23(15-20)27(25,26)18-9-3-2-4-10-18/h2-5,7-10,13H,6,11-12,14-15H2,1H3,(H,22,24)/t20-/m0/s1. The van der Waals surface area contributed by atoms with E-state index >= 15 is 0 Å². The number of piperidine rings is 1. The molecule has 1 N–H and O–H groups in total. The zero-order valence-corrected chi connectivity index (χ0v) is 16.0. The van der Waals surface area contributed by atoms with Gasteiger partial charge in [0.25, 0.3) is 0 Å². The van der Waals surface area contributed by atoms with Crippen molar-refractivity contribution in [2.24, 2.45) is 5.41 Å². The molecule has 2 aromatic carbocycles. The second-order valence-corrected chi connectivity index (χ2v) is 9.07. The number of nitrogens with zero attached hydrogens (tertiary/aromatic N) is 1. The third-order valence-corrected chi connectivity index (χ3v) is 6.79. The zero-order valence-electron chi connectivity index (χ0n) is 15.2. The number of halogens is 1. The topological polar surface area (TPSA) is 66.5 Å². The van der Waals surface area contributed by atoms with Crippen molar-refractivity contribution in [2.75, 3.05) is 13.1 Å². The van der Waals surface area contributed by atoms with Crippen LogP contribution < -0.4 is 5.32 Å². The molecule has 0 aliphatic carbocycles. The summed E-state index contributed by atoms with van der Waals surface area (Å²) < 4.78 is 40.4. The molecule has 27 heavy (non-hydrogen) atoms. The molecule has 0 aromatic heterocycles. The van der Waals surface area contributed by atoms with Crippen molar-refractivity contribution in [2.45, 2.75) is 31.2 Å². The normalized spacial score (nSPS) is 21.0. The highest BCUT2D eigenvalue weighted by atomic mass is 32.2. The first kappa shape index (κ1) is 19.5. The lowest BCUT2D eigenvalue weighted by molar-refractivity contribution is -0.132. The third-order valence-electron chi connectivity index (χ3n) is 4.93. The Labute approximate surface area is 159 Å². The molecule has 3 rings (SSSR count). The van der Waals surface area contributed by atoms with Crippen LogP contribution in [-0.2, 0) is 21.4 Å². The molecule has 1 amide bonds. The maximum absolute atomic E-state index is 13.3. The number of carbonyl (C=O) groups is 1. The molecule has 1 saturated heterocycles. The summed E-state index contributed by atoms with van der Waals surface area (Å²) in [7, 11) is -3.64. The minimum Gasteiger partial charge on any atom is -0.352 e. The molecular weight excluding hydrogens is 367 g/mol. The number of hydrogen-bond donors (Lipinski definition) is 1. The fraction of sp³-hybridized carbons (Fsp3) is 0.350. The van der Waals surface area contributed by atoms with Gasteiger partial charge in [-0.25, -0.2) is 12.8 Å². The zero-order chi connectivity index (χ0) is 19.5. The Morgan fingerprint density at radius 1 is 1.19 bits per heavy atom. The van der Waals surface area contributed by atoms with Crippen LogP contribution in [-0.4, -0.2) is 31.7 Å². The number of benzene rings is 2. The Kier molecular flexibility index (Phi) is 5.62. The summed E-state index contributed by atoms with van der Waals surface area (Å²) in [6, 6.07) is 14.3. The summed E-state index contributed by atoms with van der Waals surface area (Å²) in [5, 5.41) is 2.82. The predicted octanol–water partition coefficient (Wildman–Crippen LogP) is 2.93. The van der Waals surface area contributed by atoms with Gasteiger partial charge in [0.1, 0.15) is 5.82 Å². The quantitative estimate of drug-likeness (QED) is 0.854. The molecule has 1 heterocycles. The lowest BCUT2D eigenvalue weighted by atomic mass is 9.82.